The summed E-state index contributed by atoms with van der Waals surface area (Å²) < 4.78 is 6.39. The third-order valence-electron chi connectivity index (χ3n) is 2.33. The summed E-state index contributed by atoms with van der Waals surface area (Å²) in [6.45, 7) is 1.91. The maximum Gasteiger partial charge on any atom is 0.277 e. The average molecular weight is 353 g/mol. The van der Waals surface area contributed by atoms with E-state index in [1.165, 1.54) is 11.3 Å². The second-order valence-electron chi connectivity index (χ2n) is 4.04. The first-order valence-corrected chi connectivity index (χ1v) is 7.51. The molecule has 0 radical (unpaired) electrons. The summed E-state index contributed by atoms with van der Waals surface area (Å²) in [6, 6.07) is 11.4. The summed E-state index contributed by atoms with van der Waals surface area (Å²) in [6.07, 6.45) is 1.60. The average Bonchev–Trinajstić information content (AvgIpc) is 2.82. The van der Waals surface area contributed by atoms with Crippen molar-refractivity contribution in [3.8, 4) is 5.75 Å². The first kappa shape index (κ1) is 14.7. The van der Waals surface area contributed by atoms with E-state index in [4.69, 9.17) is 4.74 Å². The zero-order chi connectivity index (χ0) is 14.4. The van der Waals surface area contributed by atoms with Gasteiger partial charge in [-0.15, -0.1) is 11.3 Å². The van der Waals surface area contributed by atoms with Gasteiger partial charge in [0, 0.05) is 4.88 Å². The van der Waals surface area contributed by atoms with Gasteiger partial charge in [0.1, 0.15) is 5.75 Å². The predicted octanol–water partition coefficient (Wildman–Crippen LogP) is 3.35. The Labute approximate surface area is 129 Å². The summed E-state index contributed by atoms with van der Waals surface area (Å²) in [5.41, 5.74) is 3.51. The summed E-state index contributed by atoms with van der Waals surface area (Å²) in [5.74, 6) is 0.379. The van der Waals surface area contributed by atoms with E-state index in [1.54, 1.807) is 6.21 Å². The van der Waals surface area contributed by atoms with E-state index < -0.39 is 0 Å². The molecule has 4 nitrogen and oxygen atoms in total. The van der Waals surface area contributed by atoms with E-state index in [9.17, 15) is 4.79 Å². The van der Waals surface area contributed by atoms with Crippen molar-refractivity contribution in [1.29, 1.82) is 0 Å². The van der Waals surface area contributed by atoms with E-state index in [2.05, 4.69) is 26.5 Å². The maximum atomic E-state index is 11.5. The Balaban J connectivity index is 1.77. The maximum absolute atomic E-state index is 11.5. The molecule has 1 aromatic carbocycles. The van der Waals surface area contributed by atoms with E-state index in [1.807, 2.05) is 43.3 Å². The summed E-state index contributed by atoms with van der Waals surface area (Å²) in [5, 5.41) is 3.87. The van der Waals surface area contributed by atoms with Crippen molar-refractivity contribution < 1.29 is 9.53 Å². The molecule has 0 unspecified atom stereocenters. The molecule has 0 atom stereocenters. The lowest BCUT2D eigenvalue weighted by molar-refractivity contribution is -0.123. The summed E-state index contributed by atoms with van der Waals surface area (Å²) >= 11 is 4.90. The van der Waals surface area contributed by atoms with E-state index in [-0.39, 0.29) is 12.5 Å². The highest BCUT2D eigenvalue weighted by Gasteiger charge is 2.01. The third kappa shape index (κ3) is 4.79. The van der Waals surface area contributed by atoms with Crippen molar-refractivity contribution in [2.75, 3.05) is 6.61 Å². The molecule has 0 saturated carbocycles. The molecular weight excluding hydrogens is 340 g/mol. The quantitative estimate of drug-likeness (QED) is 0.662. The predicted molar refractivity (Wildman–Crippen MR) is 84.4 cm³/mol. The smallest absolute Gasteiger partial charge is 0.277 e. The molecule has 20 heavy (non-hydrogen) atoms. The SMILES string of the molecule is Cc1cccc(OCC(=O)NN=Cc2ccc(Br)s2)c1. The van der Waals surface area contributed by atoms with Crippen LogP contribution in [-0.4, -0.2) is 18.7 Å². The number of benzene rings is 1. The number of hydrogen-bond acceptors (Lipinski definition) is 4. The van der Waals surface area contributed by atoms with Crippen molar-refractivity contribution in [3.05, 3.63) is 50.6 Å². The number of amides is 1. The van der Waals surface area contributed by atoms with Gasteiger partial charge in [0.2, 0.25) is 0 Å². The molecule has 0 fully saturated rings. The van der Waals surface area contributed by atoms with Gasteiger partial charge in [-0.2, -0.15) is 5.10 Å². The lowest BCUT2D eigenvalue weighted by Crippen LogP contribution is -2.24. The largest absolute Gasteiger partial charge is 0.484 e. The first-order chi connectivity index (χ1) is 9.63. The minimum Gasteiger partial charge on any atom is -0.484 e. The Morgan fingerprint density at radius 1 is 1.45 bits per heavy atom. The van der Waals surface area contributed by atoms with Crippen LogP contribution in [0.2, 0.25) is 0 Å². The Morgan fingerprint density at radius 3 is 3.00 bits per heavy atom. The Kier molecular flexibility index (Phi) is 5.31. The number of ether oxygens (including phenoxy) is 1. The van der Waals surface area contributed by atoms with Gasteiger partial charge in [-0.1, -0.05) is 12.1 Å². The fraction of sp³-hybridized carbons (Fsp3) is 0.143. The lowest BCUT2D eigenvalue weighted by atomic mass is 10.2. The van der Waals surface area contributed by atoms with Crippen molar-refractivity contribution in [1.82, 2.24) is 5.43 Å². The van der Waals surface area contributed by atoms with Crippen LogP contribution in [0.25, 0.3) is 0 Å². The number of thiophene rings is 1. The molecule has 6 heteroatoms. The molecule has 104 valence electrons. The van der Waals surface area contributed by atoms with E-state index in [0.29, 0.717) is 5.75 Å². The molecule has 1 amide bonds. The second kappa shape index (κ2) is 7.21. The molecule has 0 aliphatic rings. The van der Waals surface area contributed by atoms with Crippen molar-refractivity contribution in [2.45, 2.75) is 6.92 Å². The monoisotopic (exact) mass is 352 g/mol. The molecule has 0 aliphatic carbocycles. The number of nitrogens with zero attached hydrogens (tertiary/aromatic N) is 1. The molecule has 2 aromatic rings. The number of halogens is 1. The van der Waals surface area contributed by atoms with Crippen LogP contribution < -0.4 is 10.2 Å². The summed E-state index contributed by atoms with van der Waals surface area (Å²) in [7, 11) is 0. The zero-order valence-corrected chi connectivity index (χ0v) is 13.2. The van der Waals surface area contributed by atoms with Gasteiger partial charge in [0.15, 0.2) is 6.61 Å². The molecule has 1 aromatic heterocycles. The van der Waals surface area contributed by atoms with Crippen LogP contribution in [0.4, 0.5) is 0 Å². The summed E-state index contributed by atoms with van der Waals surface area (Å²) in [4.78, 5) is 12.5. The van der Waals surface area contributed by atoms with Crippen LogP contribution in [0.3, 0.4) is 0 Å². The van der Waals surface area contributed by atoms with Crippen LogP contribution in [0.15, 0.2) is 45.3 Å². The minimum absolute atomic E-state index is 0.0606. The number of rotatable bonds is 5. The van der Waals surface area contributed by atoms with Crippen LogP contribution >= 0.6 is 27.3 Å². The molecular formula is C14H13BrN2O2S. The standard InChI is InChI=1S/C14H13BrN2O2S/c1-10-3-2-4-11(7-10)19-9-14(18)17-16-8-12-5-6-13(15)20-12/h2-8H,9H2,1H3,(H,17,18). The van der Waals surface area contributed by atoms with Crippen LogP contribution in [0, 0.1) is 6.92 Å². The van der Waals surface area contributed by atoms with Gasteiger partial charge in [0.05, 0.1) is 10.0 Å². The number of hydrogen-bond donors (Lipinski definition) is 1. The van der Waals surface area contributed by atoms with Crippen molar-refractivity contribution in [2.24, 2.45) is 5.10 Å². The Bertz CT molecular complexity index is 625. The van der Waals surface area contributed by atoms with E-state index >= 15 is 0 Å². The van der Waals surface area contributed by atoms with Gasteiger partial charge >= 0.3 is 0 Å². The first-order valence-electron chi connectivity index (χ1n) is 5.90. The van der Waals surface area contributed by atoms with Crippen LogP contribution in [0.5, 0.6) is 5.75 Å². The molecule has 0 bridgehead atoms. The van der Waals surface area contributed by atoms with Crippen molar-refractivity contribution >= 4 is 39.4 Å². The highest BCUT2D eigenvalue weighted by molar-refractivity contribution is 9.11. The highest BCUT2D eigenvalue weighted by atomic mass is 79.9. The van der Waals surface area contributed by atoms with Gasteiger partial charge in [0.25, 0.3) is 5.91 Å². The topological polar surface area (TPSA) is 50.7 Å². The van der Waals surface area contributed by atoms with Crippen molar-refractivity contribution in [3.63, 3.8) is 0 Å². The zero-order valence-electron chi connectivity index (χ0n) is 10.8. The highest BCUT2D eigenvalue weighted by Crippen LogP contribution is 2.20. The lowest BCUT2D eigenvalue weighted by Gasteiger charge is -2.05. The minimum atomic E-state index is -0.293. The Hall–Kier alpha value is -1.66. The van der Waals surface area contributed by atoms with Crippen LogP contribution in [-0.2, 0) is 4.79 Å². The third-order valence-corrected chi connectivity index (χ3v) is 3.89. The number of nitrogens with one attached hydrogen (secondary N) is 1. The van der Waals surface area contributed by atoms with Gasteiger partial charge in [-0.3, -0.25) is 4.79 Å². The molecule has 0 aliphatic heterocycles. The normalized spacial score (nSPS) is 10.7. The number of carbonyl (C=O) groups is 1. The molecule has 1 heterocycles. The molecule has 0 spiro atoms. The van der Waals surface area contributed by atoms with Crippen LogP contribution in [0.1, 0.15) is 10.4 Å². The molecule has 0 saturated heterocycles. The second-order valence-corrected chi connectivity index (χ2v) is 6.53. The Morgan fingerprint density at radius 2 is 2.30 bits per heavy atom. The fourth-order valence-corrected chi connectivity index (χ4v) is 2.75. The molecule has 2 rings (SSSR count). The number of hydrazone groups is 1. The molecule has 1 N–H and O–H groups in total. The number of carbonyl (C=O) groups excluding carboxylic acids is 1. The van der Waals surface area contributed by atoms with Gasteiger partial charge < -0.3 is 4.74 Å². The van der Waals surface area contributed by atoms with Gasteiger partial charge in [-0.25, -0.2) is 5.43 Å². The van der Waals surface area contributed by atoms with E-state index in [0.717, 1.165) is 14.2 Å². The fourth-order valence-electron chi connectivity index (χ4n) is 1.45. The van der Waals surface area contributed by atoms with Gasteiger partial charge in [-0.05, 0) is 52.7 Å². The number of aryl methyl sites for hydroxylation is 1.